The van der Waals surface area contributed by atoms with Crippen molar-refractivity contribution in [3.05, 3.63) is 30.3 Å². The summed E-state index contributed by atoms with van der Waals surface area (Å²) in [6.07, 6.45) is 0. The summed E-state index contributed by atoms with van der Waals surface area (Å²) < 4.78 is 28.6. The Bertz CT molecular complexity index is 494. The van der Waals surface area contributed by atoms with Gasteiger partial charge in [-0.15, -0.1) is 0 Å². The second-order valence-corrected chi connectivity index (χ2v) is 6.67. The molecule has 1 aromatic carbocycles. The van der Waals surface area contributed by atoms with E-state index in [1.54, 1.807) is 12.1 Å². The van der Waals surface area contributed by atoms with E-state index in [2.05, 4.69) is 23.5 Å². The number of nitrogens with zero attached hydrogens (tertiary/aromatic N) is 2. The van der Waals surface area contributed by atoms with E-state index in [0.29, 0.717) is 24.8 Å². The highest BCUT2D eigenvalue weighted by molar-refractivity contribution is 7.90. The van der Waals surface area contributed by atoms with Crippen molar-refractivity contribution in [1.29, 1.82) is 0 Å². The van der Waals surface area contributed by atoms with Crippen molar-refractivity contribution in [2.45, 2.75) is 19.9 Å². The zero-order chi connectivity index (χ0) is 13.9. The van der Waals surface area contributed by atoms with Gasteiger partial charge in [0.1, 0.15) is 0 Å². The van der Waals surface area contributed by atoms with Crippen molar-refractivity contribution >= 4 is 15.9 Å². The molecule has 1 fully saturated rings. The Balaban J connectivity index is 1.98. The average molecular weight is 283 g/mol. The van der Waals surface area contributed by atoms with Gasteiger partial charge in [-0.25, -0.2) is 0 Å². The molecule has 1 aliphatic heterocycles. The van der Waals surface area contributed by atoms with Gasteiger partial charge in [-0.2, -0.15) is 12.7 Å². The molecule has 0 amide bonds. The summed E-state index contributed by atoms with van der Waals surface area (Å²) in [5, 5.41) is 0. The maximum atomic E-state index is 12.2. The monoisotopic (exact) mass is 283 g/mol. The van der Waals surface area contributed by atoms with Crippen LogP contribution in [0.1, 0.15) is 13.8 Å². The van der Waals surface area contributed by atoms with Crippen molar-refractivity contribution in [2.75, 3.05) is 30.9 Å². The Morgan fingerprint density at radius 2 is 1.63 bits per heavy atom. The van der Waals surface area contributed by atoms with E-state index in [0.717, 1.165) is 13.1 Å². The van der Waals surface area contributed by atoms with Crippen LogP contribution >= 0.6 is 0 Å². The lowest BCUT2D eigenvalue weighted by molar-refractivity contribution is 0.154. The highest BCUT2D eigenvalue weighted by atomic mass is 32.2. The standard InChI is InChI=1S/C13H21N3O2S/c1-12(2)15-8-10-16(11-9-15)19(17,18)14-13-6-4-3-5-7-13/h3-7,12,14H,8-11H2,1-2H3. The van der Waals surface area contributed by atoms with Crippen LogP contribution in [0.25, 0.3) is 0 Å². The highest BCUT2D eigenvalue weighted by Crippen LogP contribution is 2.14. The maximum absolute atomic E-state index is 12.2. The maximum Gasteiger partial charge on any atom is 0.301 e. The summed E-state index contributed by atoms with van der Waals surface area (Å²) in [6.45, 7) is 6.92. The topological polar surface area (TPSA) is 52.7 Å². The van der Waals surface area contributed by atoms with E-state index in [9.17, 15) is 8.42 Å². The van der Waals surface area contributed by atoms with E-state index >= 15 is 0 Å². The van der Waals surface area contributed by atoms with E-state index < -0.39 is 10.2 Å². The van der Waals surface area contributed by atoms with Crippen LogP contribution in [0.5, 0.6) is 0 Å². The first-order valence-corrected chi connectivity index (χ1v) is 8.00. The van der Waals surface area contributed by atoms with E-state index in [4.69, 9.17) is 0 Å². The zero-order valence-electron chi connectivity index (χ0n) is 11.4. The first-order chi connectivity index (χ1) is 8.99. The first kappa shape index (κ1) is 14.3. The van der Waals surface area contributed by atoms with E-state index in [-0.39, 0.29) is 0 Å². The van der Waals surface area contributed by atoms with Crippen molar-refractivity contribution in [1.82, 2.24) is 9.21 Å². The molecular formula is C13H21N3O2S. The molecule has 0 saturated carbocycles. The SMILES string of the molecule is CC(C)N1CCN(S(=O)(=O)Nc2ccccc2)CC1. The minimum Gasteiger partial charge on any atom is -0.298 e. The molecule has 0 bridgehead atoms. The fraction of sp³-hybridized carbons (Fsp3) is 0.538. The number of rotatable bonds is 4. The Morgan fingerprint density at radius 3 is 2.16 bits per heavy atom. The van der Waals surface area contributed by atoms with Crippen molar-refractivity contribution in [3.63, 3.8) is 0 Å². The summed E-state index contributed by atoms with van der Waals surface area (Å²) in [5.41, 5.74) is 0.605. The largest absolute Gasteiger partial charge is 0.301 e. The number of anilines is 1. The predicted molar refractivity (Wildman–Crippen MR) is 77.3 cm³/mol. The number of hydrogen-bond donors (Lipinski definition) is 1. The summed E-state index contributed by atoms with van der Waals surface area (Å²) in [7, 11) is -3.43. The molecule has 1 heterocycles. The molecule has 19 heavy (non-hydrogen) atoms. The molecule has 1 saturated heterocycles. The van der Waals surface area contributed by atoms with Crippen LogP contribution in [0.2, 0.25) is 0 Å². The summed E-state index contributed by atoms with van der Waals surface area (Å²) in [5.74, 6) is 0. The lowest BCUT2D eigenvalue weighted by Crippen LogP contribution is -2.51. The van der Waals surface area contributed by atoms with Crippen LogP contribution < -0.4 is 4.72 Å². The van der Waals surface area contributed by atoms with E-state index in [1.807, 2.05) is 18.2 Å². The van der Waals surface area contributed by atoms with Gasteiger partial charge in [0, 0.05) is 37.9 Å². The number of nitrogens with one attached hydrogen (secondary N) is 1. The van der Waals surface area contributed by atoms with Crippen molar-refractivity contribution in [3.8, 4) is 0 Å². The number of benzene rings is 1. The van der Waals surface area contributed by atoms with Gasteiger partial charge >= 0.3 is 10.2 Å². The molecule has 1 aliphatic rings. The molecule has 0 unspecified atom stereocenters. The van der Waals surface area contributed by atoms with Gasteiger partial charge in [0.2, 0.25) is 0 Å². The minimum atomic E-state index is -3.43. The van der Waals surface area contributed by atoms with Crippen LogP contribution in [0, 0.1) is 0 Å². The average Bonchev–Trinajstić information content (AvgIpc) is 2.39. The molecule has 0 radical (unpaired) electrons. The molecule has 0 spiro atoms. The highest BCUT2D eigenvalue weighted by Gasteiger charge is 2.27. The fourth-order valence-electron chi connectivity index (χ4n) is 2.18. The summed E-state index contributed by atoms with van der Waals surface area (Å²) in [6, 6.07) is 9.46. The normalized spacial score (nSPS) is 18.7. The van der Waals surface area contributed by atoms with Gasteiger partial charge in [0.25, 0.3) is 0 Å². The van der Waals surface area contributed by atoms with Gasteiger partial charge in [-0.1, -0.05) is 18.2 Å². The minimum absolute atomic E-state index is 0.465. The smallest absolute Gasteiger partial charge is 0.298 e. The lowest BCUT2D eigenvalue weighted by atomic mass is 10.3. The number of para-hydroxylation sites is 1. The molecular weight excluding hydrogens is 262 g/mol. The van der Waals surface area contributed by atoms with Crippen LogP contribution in [-0.4, -0.2) is 49.8 Å². The number of piperazine rings is 1. The Kier molecular flexibility index (Phi) is 4.44. The van der Waals surface area contributed by atoms with Crippen molar-refractivity contribution < 1.29 is 8.42 Å². The zero-order valence-corrected chi connectivity index (χ0v) is 12.2. The molecule has 106 valence electrons. The second-order valence-electron chi connectivity index (χ2n) is 5.00. The van der Waals surface area contributed by atoms with Crippen LogP contribution in [-0.2, 0) is 10.2 Å². The Hall–Kier alpha value is -1.11. The van der Waals surface area contributed by atoms with Crippen molar-refractivity contribution in [2.24, 2.45) is 0 Å². The van der Waals surface area contributed by atoms with Gasteiger partial charge < -0.3 is 0 Å². The number of hydrogen-bond acceptors (Lipinski definition) is 3. The molecule has 0 aromatic heterocycles. The molecule has 1 aromatic rings. The van der Waals surface area contributed by atoms with Gasteiger partial charge in [0.15, 0.2) is 0 Å². The van der Waals surface area contributed by atoms with Gasteiger partial charge in [0.05, 0.1) is 0 Å². The lowest BCUT2D eigenvalue weighted by Gasteiger charge is -2.36. The second kappa shape index (κ2) is 5.90. The molecule has 6 heteroatoms. The molecule has 1 N–H and O–H groups in total. The predicted octanol–water partition coefficient (Wildman–Crippen LogP) is 1.37. The van der Waals surface area contributed by atoms with Gasteiger partial charge in [-0.3, -0.25) is 9.62 Å². The van der Waals surface area contributed by atoms with Crippen LogP contribution in [0.4, 0.5) is 5.69 Å². The third-order valence-corrected chi connectivity index (χ3v) is 4.90. The Labute approximate surface area is 115 Å². The molecule has 2 rings (SSSR count). The van der Waals surface area contributed by atoms with Gasteiger partial charge in [-0.05, 0) is 26.0 Å². The third kappa shape index (κ3) is 3.68. The van der Waals surface area contributed by atoms with Crippen LogP contribution in [0.3, 0.4) is 0 Å². The molecule has 0 atom stereocenters. The summed E-state index contributed by atoms with van der Waals surface area (Å²) in [4.78, 5) is 2.29. The molecule has 5 nitrogen and oxygen atoms in total. The fourth-order valence-corrected chi connectivity index (χ4v) is 3.39. The Morgan fingerprint density at radius 1 is 1.05 bits per heavy atom. The molecule has 0 aliphatic carbocycles. The quantitative estimate of drug-likeness (QED) is 0.908. The van der Waals surface area contributed by atoms with E-state index in [1.165, 1.54) is 4.31 Å². The summed E-state index contributed by atoms with van der Waals surface area (Å²) >= 11 is 0. The van der Waals surface area contributed by atoms with Crippen LogP contribution in [0.15, 0.2) is 30.3 Å². The first-order valence-electron chi connectivity index (χ1n) is 6.56. The third-order valence-electron chi connectivity index (χ3n) is 3.36.